The molecule has 0 radical (unpaired) electrons. The lowest BCUT2D eigenvalue weighted by atomic mass is 9.84. The molecule has 1 N–H and O–H groups in total. The van der Waals surface area contributed by atoms with E-state index in [9.17, 15) is 5.11 Å². The van der Waals surface area contributed by atoms with Crippen LogP contribution in [0.25, 0.3) is 0 Å². The molecule has 2 unspecified atom stereocenters. The summed E-state index contributed by atoms with van der Waals surface area (Å²) in [7, 11) is 1.80. The van der Waals surface area contributed by atoms with E-state index in [1.54, 1.807) is 11.7 Å². The second-order valence-corrected chi connectivity index (χ2v) is 5.74. The maximum atomic E-state index is 10.8. The van der Waals surface area contributed by atoms with Gasteiger partial charge in [0.05, 0.1) is 12.7 Å². The van der Waals surface area contributed by atoms with Crippen LogP contribution in [0.5, 0.6) is 0 Å². The third-order valence-corrected chi connectivity index (χ3v) is 3.89. The summed E-state index contributed by atoms with van der Waals surface area (Å²) in [5.74, 6) is 0.391. The van der Waals surface area contributed by atoms with Crippen LogP contribution in [0.3, 0.4) is 0 Å². The predicted octanol–water partition coefficient (Wildman–Crippen LogP) is 1.60. The Balaban J connectivity index is 2.30. The summed E-state index contributed by atoms with van der Waals surface area (Å²) in [6.45, 7) is 4.77. The summed E-state index contributed by atoms with van der Waals surface area (Å²) >= 11 is 3.35. The van der Waals surface area contributed by atoms with Crippen molar-refractivity contribution in [2.45, 2.75) is 38.4 Å². The van der Waals surface area contributed by atoms with E-state index < -0.39 is 5.60 Å². The van der Waals surface area contributed by atoms with Crippen LogP contribution in [0.1, 0.15) is 32.4 Å². The minimum absolute atomic E-state index is 0.0792. The molecular weight excluding hydrogens is 286 g/mol. The van der Waals surface area contributed by atoms with Crippen LogP contribution >= 0.6 is 15.9 Å². The smallest absolute Gasteiger partial charge is 0.154 e. The lowest BCUT2D eigenvalue weighted by molar-refractivity contribution is -0.124. The van der Waals surface area contributed by atoms with Crippen molar-refractivity contribution in [2.75, 3.05) is 6.61 Å². The van der Waals surface area contributed by atoms with E-state index in [1.807, 2.05) is 0 Å². The number of halogens is 1. The van der Waals surface area contributed by atoms with Crippen LogP contribution in [0.2, 0.25) is 0 Å². The minimum atomic E-state index is -0.899. The summed E-state index contributed by atoms with van der Waals surface area (Å²) in [4.78, 5) is 0. The second kappa shape index (κ2) is 4.66. The molecule has 1 fully saturated rings. The fraction of sp³-hybridized carbons (Fsp3) is 0.818. The molecule has 2 rings (SSSR count). The number of nitrogens with zero attached hydrogens (tertiary/aromatic N) is 3. The Morgan fingerprint density at radius 1 is 1.59 bits per heavy atom. The molecule has 0 amide bonds. The number of aromatic nitrogens is 3. The zero-order valence-electron chi connectivity index (χ0n) is 10.4. The Labute approximate surface area is 109 Å². The molecule has 1 aromatic rings. The SMILES string of the molecule is CC(C)C1CC(O)(c2c(Br)nnn2C)CCO1. The van der Waals surface area contributed by atoms with Crippen molar-refractivity contribution in [3.05, 3.63) is 10.3 Å². The first-order valence-corrected chi connectivity index (χ1v) is 6.63. The molecule has 1 saturated heterocycles. The van der Waals surface area contributed by atoms with Crippen molar-refractivity contribution in [3.63, 3.8) is 0 Å². The molecule has 0 bridgehead atoms. The van der Waals surface area contributed by atoms with Gasteiger partial charge in [0.15, 0.2) is 4.60 Å². The van der Waals surface area contributed by atoms with Gasteiger partial charge in [0, 0.05) is 19.9 Å². The first kappa shape index (κ1) is 13.0. The van der Waals surface area contributed by atoms with Gasteiger partial charge < -0.3 is 9.84 Å². The topological polar surface area (TPSA) is 60.2 Å². The number of rotatable bonds is 2. The molecule has 1 aliphatic heterocycles. The molecule has 96 valence electrons. The van der Waals surface area contributed by atoms with E-state index in [-0.39, 0.29) is 6.10 Å². The van der Waals surface area contributed by atoms with Gasteiger partial charge in [-0.2, -0.15) is 0 Å². The quantitative estimate of drug-likeness (QED) is 0.901. The Bertz CT molecular complexity index is 388. The number of hydrogen-bond donors (Lipinski definition) is 1. The highest BCUT2D eigenvalue weighted by molar-refractivity contribution is 9.10. The van der Waals surface area contributed by atoms with Crippen molar-refractivity contribution >= 4 is 15.9 Å². The molecule has 1 aliphatic rings. The van der Waals surface area contributed by atoms with Gasteiger partial charge in [-0.3, -0.25) is 0 Å². The average Bonchev–Trinajstić information content (AvgIpc) is 2.59. The molecule has 17 heavy (non-hydrogen) atoms. The fourth-order valence-corrected chi connectivity index (χ4v) is 3.04. The predicted molar refractivity (Wildman–Crippen MR) is 66.4 cm³/mol. The van der Waals surface area contributed by atoms with Gasteiger partial charge in [0.25, 0.3) is 0 Å². The number of aryl methyl sites for hydroxylation is 1. The van der Waals surface area contributed by atoms with Crippen LogP contribution in [0, 0.1) is 5.92 Å². The van der Waals surface area contributed by atoms with Crippen LogP contribution < -0.4 is 0 Å². The van der Waals surface area contributed by atoms with Crippen LogP contribution in [0.4, 0.5) is 0 Å². The highest BCUT2D eigenvalue weighted by atomic mass is 79.9. The number of hydrogen-bond acceptors (Lipinski definition) is 4. The molecule has 1 aromatic heterocycles. The Hall–Kier alpha value is -0.460. The summed E-state index contributed by atoms with van der Waals surface area (Å²) < 4.78 is 7.94. The average molecular weight is 304 g/mol. The largest absolute Gasteiger partial charge is 0.383 e. The van der Waals surface area contributed by atoms with Gasteiger partial charge >= 0.3 is 0 Å². The molecule has 0 saturated carbocycles. The zero-order valence-corrected chi connectivity index (χ0v) is 11.9. The summed E-state index contributed by atoms with van der Waals surface area (Å²) in [6, 6.07) is 0. The highest BCUT2D eigenvalue weighted by Crippen LogP contribution is 2.38. The number of ether oxygens (including phenoxy) is 1. The monoisotopic (exact) mass is 303 g/mol. The summed E-state index contributed by atoms with van der Waals surface area (Å²) in [6.07, 6.45) is 1.25. The first-order valence-electron chi connectivity index (χ1n) is 5.83. The third kappa shape index (κ3) is 2.39. The molecule has 5 nitrogen and oxygen atoms in total. The van der Waals surface area contributed by atoms with E-state index in [2.05, 4.69) is 40.1 Å². The molecule has 6 heteroatoms. The van der Waals surface area contributed by atoms with Gasteiger partial charge in [-0.1, -0.05) is 19.1 Å². The maximum absolute atomic E-state index is 10.8. The van der Waals surface area contributed by atoms with E-state index >= 15 is 0 Å². The molecular formula is C11H18BrN3O2. The van der Waals surface area contributed by atoms with Gasteiger partial charge in [-0.15, -0.1) is 5.10 Å². The highest BCUT2D eigenvalue weighted by Gasteiger charge is 2.41. The van der Waals surface area contributed by atoms with E-state index in [4.69, 9.17) is 4.74 Å². The molecule has 2 atom stereocenters. The standard InChI is InChI=1S/C11H18BrN3O2/c1-7(2)8-6-11(16,4-5-17-8)9-10(12)13-14-15(9)3/h7-8,16H,4-6H2,1-3H3. The van der Waals surface area contributed by atoms with Crippen molar-refractivity contribution in [3.8, 4) is 0 Å². The molecule has 0 spiro atoms. The van der Waals surface area contributed by atoms with Crippen molar-refractivity contribution in [1.82, 2.24) is 15.0 Å². The van der Waals surface area contributed by atoms with Crippen molar-refractivity contribution in [2.24, 2.45) is 13.0 Å². The zero-order chi connectivity index (χ0) is 12.6. The van der Waals surface area contributed by atoms with E-state index in [1.165, 1.54) is 0 Å². The van der Waals surface area contributed by atoms with Gasteiger partial charge in [0.2, 0.25) is 0 Å². The second-order valence-electron chi connectivity index (χ2n) is 4.99. The maximum Gasteiger partial charge on any atom is 0.154 e. The van der Waals surface area contributed by atoms with Crippen LogP contribution in [-0.2, 0) is 17.4 Å². The van der Waals surface area contributed by atoms with Crippen LogP contribution in [0.15, 0.2) is 4.60 Å². The normalized spacial score (nSPS) is 29.9. The van der Waals surface area contributed by atoms with Crippen molar-refractivity contribution in [1.29, 1.82) is 0 Å². The lowest BCUT2D eigenvalue weighted by Gasteiger charge is -2.38. The van der Waals surface area contributed by atoms with Crippen molar-refractivity contribution < 1.29 is 9.84 Å². The third-order valence-electron chi connectivity index (χ3n) is 3.36. The first-order chi connectivity index (χ1) is 7.94. The lowest BCUT2D eigenvalue weighted by Crippen LogP contribution is -2.42. The fourth-order valence-electron chi connectivity index (χ4n) is 2.34. The Morgan fingerprint density at radius 2 is 2.29 bits per heavy atom. The van der Waals surface area contributed by atoms with Gasteiger partial charge in [0.1, 0.15) is 11.3 Å². The Morgan fingerprint density at radius 3 is 2.82 bits per heavy atom. The minimum Gasteiger partial charge on any atom is -0.383 e. The summed E-state index contributed by atoms with van der Waals surface area (Å²) in [5.41, 5.74) is -0.156. The van der Waals surface area contributed by atoms with Gasteiger partial charge in [-0.25, -0.2) is 4.68 Å². The summed E-state index contributed by atoms with van der Waals surface area (Å²) in [5, 5.41) is 18.7. The van der Waals surface area contributed by atoms with Crippen LogP contribution in [-0.4, -0.2) is 32.8 Å². The Kier molecular flexibility index (Phi) is 3.56. The van der Waals surface area contributed by atoms with E-state index in [0.717, 1.165) is 5.69 Å². The molecule has 0 aliphatic carbocycles. The van der Waals surface area contributed by atoms with E-state index in [0.29, 0.717) is 30.0 Å². The van der Waals surface area contributed by atoms with Gasteiger partial charge in [-0.05, 0) is 21.8 Å². The number of aliphatic hydroxyl groups is 1. The molecule has 2 heterocycles. The molecule has 0 aromatic carbocycles.